The quantitative estimate of drug-likeness (QED) is 0.186. The monoisotopic (exact) mass is 555 g/mol. The van der Waals surface area contributed by atoms with E-state index in [-0.39, 0.29) is 18.2 Å². The molecule has 0 radical (unpaired) electrons. The van der Waals surface area contributed by atoms with E-state index in [0.717, 1.165) is 3.57 Å². The van der Waals surface area contributed by atoms with Crippen molar-refractivity contribution in [3.05, 3.63) is 92.7 Å². The van der Waals surface area contributed by atoms with Crippen molar-refractivity contribution in [2.24, 2.45) is 5.10 Å². The van der Waals surface area contributed by atoms with E-state index in [1.165, 1.54) is 18.4 Å². The number of hydrogen-bond acceptors (Lipinski definition) is 6. The molecule has 33 heavy (non-hydrogen) atoms. The second kappa shape index (κ2) is 10.2. The lowest BCUT2D eigenvalue weighted by Crippen LogP contribution is -2.32. The molecule has 0 aliphatic carbocycles. The number of rotatable bonds is 6. The highest BCUT2D eigenvalue weighted by atomic mass is 127. The highest BCUT2D eigenvalue weighted by molar-refractivity contribution is 14.1. The van der Waals surface area contributed by atoms with E-state index in [4.69, 9.17) is 9.47 Å². The molecule has 0 fully saturated rings. The molecule has 0 aromatic heterocycles. The first-order chi connectivity index (χ1) is 16.0. The molecule has 8 nitrogen and oxygen atoms in total. The van der Waals surface area contributed by atoms with E-state index in [2.05, 4.69) is 38.4 Å². The van der Waals surface area contributed by atoms with Crippen LogP contribution < -0.4 is 20.2 Å². The molecule has 4 rings (SSSR count). The summed E-state index contributed by atoms with van der Waals surface area (Å²) in [5.74, 6) is 0.0932. The van der Waals surface area contributed by atoms with Crippen LogP contribution in [0.25, 0.3) is 6.08 Å². The van der Waals surface area contributed by atoms with Gasteiger partial charge in [0.2, 0.25) is 6.79 Å². The van der Waals surface area contributed by atoms with Crippen LogP contribution in [-0.2, 0) is 4.79 Å². The van der Waals surface area contributed by atoms with E-state index in [0.29, 0.717) is 28.2 Å². The maximum atomic E-state index is 12.9. The summed E-state index contributed by atoms with van der Waals surface area (Å²) in [6.45, 7) is 0.126. The van der Waals surface area contributed by atoms with Crippen LogP contribution in [0, 0.1) is 3.57 Å². The van der Waals surface area contributed by atoms with Gasteiger partial charge in [-0.2, -0.15) is 5.10 Å². The van der Waals surface area contributed by atoms with Crippen LogP contribution in [0.2, 0.25) is 0 Å². The minimum absolute atomic E-state index is 0.0215. The zero-order valence-electron chi connectivity index (χ0n) is 17.1. The molecular formula is C24H18IN3O5. The Morgan fingerprint density at radius 2 is 1.79 bits per heavy atom. The standard InChI is InChI=1S/C24H18IN3O5/c25-18-7-8-20(29)17(12-18)13-26-28-24(31)19(27-23(30)16-4-2-1-3-5-16)10-15-6-9-21-22(11-15)33-14-32-21/h1-13,29H,14H2,(H,27,30)(H,28,31). The fraction of sp³-hybridized carbons (Fsp3) is 0.0417. The summed E-state index contributed by atoms with van der Waals surface area (Å²) in [7, 11) is 0. The SMILES string of the molecule is O=C(NN=Cc1cc(I)ccc1O)C(=Cc1ccc2c(c1)OCO2)NC(=O)c1ccccc1. The fourth-order valence-corrected chi connectivity index (χ4v) is 3.48. The van der Waals surface area contributed by atoms with Gasteiger partial charge in [0.05, 0.1) is 6.21 Å². The van der Waals surface area contributed by atoms with Crippen molar-refractivity contribution in [3.8, 4) is 17.2 Å². The molecule has 2 amide bonds. The molecule has 9 heteroatoms. The zero-order chi connectivity index (χ0) is 23.2. The second-order valence-electron chi connectivity index (χ2n) is 6.89. The third kappa shape index (κ3) is 5.69. The summed E-state index contributed by atoms with van der Waals surface area (Å²) >= 11 is 2.11. The van der Waals surface area contributed by atoms with Gasteiger partial charge in [-0.05, 0) is 76.7 Å². The fourth-order valence-electron chi connectivity index (χ4n) is 2.96. The van der Waals surface area contributed by atoms with Crippen molar-refractivity contribution in [3.63, 3.8) is 0 Å². The number of hydrogen-bond donors (Lipinski definition) is 3. The van der Waals surface area contributed by atoms with Gasteiger partial charge in [-0.15, -0.1) is 0 Å². The van der Waals surface area contributed by atoms with Crippen molar-refractivity contribution >= 4 is 46.7 Å². The highest BCUT2D eigenvalue weighted by Crippen LogP contribution is 2.33. The van der Waals surface area contributed by atoms with Crippen molar-refractivity contribution < 1.29 is 24.2 Å². The Morgan fingerprint density at radius 1 is 1.00 bits per heavy atom. The number of nitrogens with zero attached hydrogens (tertiary/aromatic N) is 1. The Labute approximate surface area is 203 Å². The average Bonchev–Trinajstić information content (AvgIpc) is 3.29. The van der Waals surface area contributed by atoms with E-state index in [1.54, 1.807) is 60.7 Å². The van der Waals surface area contributed by atoms with E-state index in [1.807, 2.05) is 0 Å². The number of nitrogens with one attached hydrogen (secondary N) is 2. The van der Waals surface area contributed by atoms with Gasteiger partial charge >= 0.3 is 0 Å². The summed E-state index contributed by atoms with van der Waals surface area (Å²) in [4.78, 5) is 25.5. The van der Waals surface area contributed by atoms with Gasteiger partial charge in [-0.1, -0.05) is 24.3 Å². The number of benzene rings is 3. The predicted molar refractivity (Wildman–Crippen MR) is 131 cm³/mol. The summed E-state index contributed by atoms with van der Waals surface area (Å²) in [5.41, 5.74) is 3.82. The van der Waals surface area contributed by atoms with Crippen LogP contribution in [0.1, 0.15) is 21.5 Å². The molecule has 0 spiro atoms. The van der Waals surface area contributed by atoms with Gasteiger partial charge < -0.3 is 19.9 Å². The van der Waals surface area contributed by atoms with Crippen LogP contribution in [0.3, 0.4) is 0 Å². The molecule has 166 valence electrons. The largest absolute Gasteiger partial charge is 0.507 e. The van der Waals surface area contributed by atoms with Gasteiger partial charge in [0.1, 0.15) is 11.4 Å². The first-order valence-electron chi connectivity index (χ1n) is 9.79. The lowest BCUT2D eigenvalue weighted by atomic mass is 10.1. The lowest BCUT2D eigenvalue weighted by Gasteiger charge is -2.09. The molecule has 0 saturated carbocycles. The van der Waals surface area contributed by atoms with Crippen molar-refractivity contribution in [1.29, 1.82) is 0 Å². The third-order valence-corrected chi connectivity index (χ3v) is 5.27. The molecule has 1 heterocycles. The average molecular weight is 555 g/mol. The Hall–Kier alpha value is -3.86. The molecule has 1 aliphatic rings. The van der Waals surface area contributed by atoms with E-state index >= 15 is 0 Å². The number of aromatic hydroxyl groups is 1. The Balaban J connectivity index is 1.57. The summed E-state index contributed by atoms with van der Waals surface area (Å²) in [5, 5.41) is 16.5. The van der Waals surface area contributed by atoms with Crippen LogP contribution in [0.4, 0.5) is 0 Å². The van der Waals surface area contributed by atoms with Crippen molar-refractivity contribution in [2.75, 3.05) is 6.79 Å². The van der Waals surface area contributed by atoms with Crippen LogP contribution in [0.15, 0.2) is 77.5 Å². The molecule has 3 aromatic rings. The van der Waals surface area contributed by atoms with Gasteiger partial charge in [-0.25, -0.2) is 5.43 Å². The minimum Gasteiger partial charge on any atom is -0.507 e. The lowest BCUT2D eigenvalue weighted by molar-refractivity contribution is -0.117. The number of ether oxygens (including phenoxy) is 2. The highest BCUT2D eigenvalue weighted by Gasteiger charge is 2.17. The van der Waals surface area contributed by atoms with E-state index < -0.39 is 11.8 Å². The second-order valence-corrected chi connectivity index (χ2v) is 8.14. The number of hydrazone groups is 1. The molecule has 0 bridgehead atoms. The zero-order valence-corrected chi connectivity index (χ0v) is 19.3. The number of amides is 2. The normalized spacial score (nSPS) is 12.6. The van der Waals surface area contributed by atoms with Crippen LogP contribution in [-0.4, -0.2) is 29.9 Å². The molecule has 0 unspecified atom stereocenters. The van der Waals surface area contributed by atoms with Gasteiger partial charge in [0.15, 0.2) is 11.5 Å². The smallest absolute Gasteiger partial charge is 0.287 e. The molecule has 1 aliphatic heterocycles. The minimum atomic E-state index is -0.640. The summed E-state index contributed by atoms with van der Waals surface area (Å²) < 4.78 is 11.6. The van der Waals surface area contributed by atoms with Gasteiger partial charge in [0, 0.05) is 14.7 Å². The first kappa shape index (κ1) is 22.3. The molecule has 3 aromatic carbocycles. The maximum absolute atomic E-state index is 12.9. The van der Waals surface area contributed by atoms with Crippen LogP contribution in [0.5, 0.6) is 17.2 Å². The number of phenolic OH excluding ortho intramolecular Hbond substituents is 1. The molecule has 3 N–H and O–H groups in total. The molecule has 0 saturated heterocycles. The number of phenols is 1. The Morgan fingerprint density at radius 3 is 2.61 bits per heavy atom. The number of carbonyl (C=O) groups excluding carboxylic acids is 2. The topological polar surface area (TPSA) is 109 Å². The number of carbonyl (C=O) groups is 2. The molecule has 0 atom stereocenters. The van der Waals surface area contributed by atoms with Gasteiger partial charge in [0.25, 0.3) is 11.8 Å². The number of fused-ring (bicyclic) bond motifs is 1. The Kier molecular flexibility index (Phi) is 6.89. The molecular weight excluding hydrogens is 537 g/mol. The maximum Gasteiger partial charge on any atom is 0.287 e. The summed E-state index contributed by atoms with van der Waals surface area (Å²) in [6, 6.07) is 18.7. The summed E-state index contributed by atoms with van der Waals surface area (Å²) in [6.07, 6.45) is 2.84. The first-order valence-corrected chi connectivity index (χ1v) is 10.9. The van der Waals surface area contributed by atoms with Crippen molar-refractivity contribution in [2.45, 2.75) is 0 Å². The van der Waals surface area contributed by atoms with Crippen molar-refractivity contribution in [1.82, 2.24) is 10.7 Å². The Bertz CT molecular complexity index is 1260. The van der Waals surface area contributed by atoms with Crippen LogP contribution >= 0.6 is 22.6 Å². The number of halogens is 1. The third-order valence-electron chi connectivity index (χ3n) is 4.60. The van der Waals surface area contributed by atoms with E-state index in [9.17, 15) is 14.7 Å². The van der Waals surface area contributed by atoms with Gasteiger partial charge in [-0.3, -0.25) is 9.59 Å². The predicted octanol–water partition coefficient (Wildman–Crippen LogP) is 3.65.